The Labute approximate surface area is 133 Å². The number of hydrogen-bond acceptors (Lipinski definition) is 4. The highest BCUT2D eigenvalue weighted by molar-refractivity contribution is 7.20. The maximum absolute atomic E-state index is 12.8. The van der Waals surface area contributed by atoms with Crippen LogP contribution in [0.5, 0.6) is 0 Å². The zero-order valence-corrected chi connectivity index (χ0v) is 14.3. The number of nitrogens with zero attached hydrogens (tertiary/aromatic N) is 3. The number of hydrogen-bond donors (Lipinski definition) is 0. The van der Waals surface area contributed by atoms with Crippen LogP contribution in [-0.4, -0.2) is 33.4 Å². The summed E-state index contributed by atoms with van der Waals surface area (Å²) in [5.41, 5.74) is 0.708. The Morgan fingerprint density at radius 3 is 2.55 bits per heavy atom. The lowest BCUT2D eigenvalue weighted by Crippen LogP contribution is -2.37. The van der Waals surface area contributed by atoms with Crippen LogP contribution < -0.4 is 5.56 Å². The van der Waals surface area contributed by atoms with E-state index >= 15 is 0 Å². The van der Waals surface area contributed by atoms with Crippen molar-refractivity contribution in [1.82, 2.24) is 14.5 Å². The van der Waals surface area contributed by atoms with Gasteiger partial charge in [0.05, 0.1) is 10.3 Å². The van der Waals surface area contributed by atoms with Crippen LogP contribution in [0, 0.1) is 19.8 Å². The number of piperidine rings is 1. The van der Waals surface area contributed by atoms with Gasteiger partial charge in [-0.2, -0.15) is 0 Å². The Morgan fingerprint density at radius 1 is 1.27 bits per heavy atom. The maximum atomic E-state index is 12.8. The van der Waals surface area contributed by atoms with Gasteiger partial charge in [-0.25, -0.2) is 4.98 Å². The van der Waals surface area contributed by atoms with Gasteiger partial charge in [0.1, 0.15) is 10.7 Å². The summed E-state index contributed by atoms with van der Waals surface area (Å²) in [6.45, 7) is 7.50. The molecule has 0 radical (unpaired) electrons. The average molecular weight is 319 g/mol. The predicted molar refractivity (Wildman–Crippen MR) is 88.6 cm³/mol. The number of rotatable bonds is 1. The van der Waals surface area contributed by atoms with Gasteiger partial charge in [-0.1, -0.05) is 6.92 Å². The number of aromatic nitrogens is 2. The highest BCUT2D eigenvalue weighted by Gasteiger charge is 2.26. The molecule has 1 aliphatic rings. The minimum atomic E-state index is -0.0671. The third-order valence-corrected chi connectivity index (χ3v) is 5.83. The fraction of sp³-hybridized carbons (Fsp3) is 0.562. The molecule has 0 aromatic carbocycles. The van der Waals surface area contributed by atoms with E-state index in [1.807, 2.05) is 18.7 Å². The summed E-state index contributed by atoms with van der Waals surface area (Å²) in [6.07, 6.45) is 2.10. The second-order valence-electron chi connectivity index (χ2n) is 6.23. The number of aryl methyl sites for hydroxylation is 2. The molecule has 3 heterocycles. The number of likely N-dealkylation sites (tertiary alicyclic amines) is 1. The van der Waals surface area contributed by atoms with Gasteiger partial charge in [-0.05, 0) is 38.2 Å². The normalized spacial score (nSPS) is 16.5. The minimum absolute atomic E-state index is 0.0482. The second kappa shape index (κ2) is 5.50. The van der Waals surface area contributed by atoms with Crippen molar-refractivity contribution in [2.24, 2.45) is 13.0 Å². The molecule has 1 amide bonds. The SMILES string of the molecule is Cc1c(C(=O)N2CCC(C)CC2)sc2nc(C)n(C)c(=O)c12. The first-order valence-electron chi connectivity index (χ1n) is 7.66. The summed E-state index contributed by atoms with van der Waals surface area (Å²) in [6, 6.07) is 0. The first-order valence-corrected chi connectivity index (χ1v) is 8.47. The molecular formula is C16H21N3O2S. The van der Waals surface area contributed by atoms with Gasteiger partial charge in [0.15, 0.2) is 0 Å². The quantitative estimate of drug-likeness (QED) is 0.811. The lowest BCUT2D eigenvalue weighted by molar-refractivity contribution is 0.0701. The van der Waals surface area contributed by atoms with Crippen molar-refractivity contribution >= 4 is 27.5 Å². The molecule has 0 spiro atoms. The van der Waals surface area contributed by atoms with Gasteiger partial charge in [-0.15, -0.1) is 11.3 Å². The number of carbonyl (C=O) groups excluding carboxylic acids is 1. The molecular weight excluding hydrogens is 298 g/mol. The maximum Gasteiger partial charge on any atom is 0.264 e. The summed E-state index contributed by atoms with van der Waals surface area (Å²) >= 11 is 1.35. The standard InChI is InChI=1S/C16H21N3O2S/c1-9-5-7-19(8-6-9)16(21)13-10(2)12-14(22-13)17-11(3)18(4)15(12)20/h9H,5-8H2,1-4H3. The van der Waals surface area contributed by atoms with E-state index in [9.17, 15) is 9.59 Å². The number of amides is 1. The number of carbonyl (C=O) groups is 1. The van der Waals surface area contributed by atoms with Gasteiger partial charge in [0, 0.05) is 20.1 Å². The van der Waals surface area contributed by atoms with E-state index in [1.54, 1.807) is 11.6 Å². The molecule has 1 aliphatic heterocycles. The molecule has 2 aromatic heterocycles. The highest BCUT2D eigenvalue weighted by atomic mass is 32.1. The molecule has 1 saturated heterocycles. The molecule has 1 fully saturated rings. The van der Waals surface area contributed by atoms with Crippen LogP contribution in [0.4, 0.5) is 0 Å². The molecule has 0 N–H and O–H groups in total. The topological polar surface area (TPSA) is 55.2 Å². The summed E-state index contributed by atoms with van der Waals surface area (Å²) in [7, 11) is 1.72. The highest BCUT2D eigenvalue weighted by Crippen LogP contribution is 2.29. The van der Waals surface area contributed by atoms with Crippen LogP contribution in [-0.2, 0) is 7.05 Å². The van der Waals surface area contributed by atoms with Crippen LogP contribution in [0.1, 0.15) is 40.8 Å². The second-order valence-corrected chi connectivity index (χ2v) is 7.23. The van der Waals surface area contributed by atoms with Crippen LogP contribution >= 0.6 is 11.3 Å². The summed E-state index contributed by atoms with van der Waals surface area (Å²) in [5.74, 6) is 1.40. The first kappa shape index (κ1) is 15.2. The largest absolute Gasteiger partial charge is 0.338 e. The smallest absolute Gasteiger partial charge is 0.264 e. The average Bonchev–Trinajstić information content (AvgIpc) is 2.82. The van der Waals surface area contributed by atoms with E-state index in [4.69, 9.17) is 0 Å². The van der Waals surface area contributed by atoms with Crippen molar-refractivity contribution in [3.63, 3.8) is 0 Å². The monoisotopic (exact) mass is 319 g/mol. The molecule has 0 saturated carbocycles. The van der Waals surface area contributed by atoms with E-state index in [1.165, 1.54) is 11.3 Å². The van der Waals surface area contributed by atoms with Crippen LogP contribution in [0.15, 0.2) is 4.79 Å². The molecule has 0 atom stereocenters. The Balaban J connectivity index is 2.05. The lowest BCUT2D eigenvalue weighted by atomic mass is 9.99. The van der Waals surface area contributed by atoms with Crippen molar-refractivity contribution in [2.45, 2.75) is 33.6 Å². The van der Waals surface area contributed by atoms with E-state index in [0.29, 0.717) is 26.8 Å². The summed E-state index contributed by atoms with van der Waals surface area (Å²) in [5, 5.41) is 0.590. The molecule has 6 heteroatoms. The molecule has 3 rings (SSSR count). The number of fused-ring (bicyclic) bond motifs is 1. The van der Waals surface area contributed by atoms with E-state index in [-0.39, 0.29) is 11.5 Å². The number of thiophene rings is 1. The molecule has 2 aromatic rings. The Kier molecular flexibility index (Phi) is 3.80. The molecule has 22 heavy (non-hydrogen) atoms. The minimum Gasteiger partial charge on any atom is -0.338 e. The zero-order valence-electron chi connectivity index (χ0n) is 13.5. The Morgan fingerprint density at radius 2 is 1.91 bits per heavy atom. The fourth-order valence-electron chi connectivity index (χ4n) is 2.92. The molecule has 0 unspecified atom stereocenters. The zero-order chi connectivity index (χ0) is 16.0. The van der Waals surface area contributed by atoms with Gasteiger partial charge in [-0.3, -0.25) is 14.2 Å². The summed E-state index contributed by atoms with van der Waals surface area (Å²) < 4.78 is 1.54. The first-order chi connectivity index (χ1) is 10.4. The van der Waals surface area contributed by atoms with Gasteiger partial charge in [0.25, 0.3) is 11.5 Å². The third kappa shape index (κ3) is 2.35. The molecule has 5 nitrogen and oxygen atoms in total. The van der Waals surface area contributed by atoms with Crippen LogP contribution in [0.2, 0.25) is 0 Å². The third-order valence-electron chi connectivity index (χ3n) is 4.66. The Bertz CT molecular complexity index is 798. The van der Waals surface area contributed by atoms with Gasteiger partial charge < -0.3 is 4.90 Å². The molecule has 118 valence electrons. The van der Waals surface area contributed by atoms with Crippen molar-refractivity contribution in [3.05, 3.63) is 26.6 Å². The predicted octanol–water partition coefficient (Wildman–Crippen LogP) is 2.48. The lowest BCUT2D eigenvalue weighted by Gasteiger charge is -2.30. The van der Waals surface area contributed by atoms with Crippen molar-refractivity contribution in [1.29, 1.82) is 0 Å². The molecule has 0 bridgehead atoms. The van der Waals surface area contributed by atoms with Gasteiger partial charge in [0.2, 0.25) is 0 Å². The van der Waals surface area contributed by atoms with Crippen molar-refractivity contribution in [3.8, 4) is 0 Å². The summed E-state index contributed by atoms with van der Waals surface area (Å²) in [4.78, 5) is 32.9. The van der Waals surface area contributed by atoms with Gasteiger partial charge >= 0.3 is 0 Å². The Hall–Kier alpha value is -1.69. The van der Waals surface area contributed by atoms with E-state index < -0.39 is 0 Å². The van der Waals surface area contributed by atoms with E-state index in [2.05, 4.69) is 11.9 Å². The van der Waals surface area contributed by atoms with Crippen LogP contribution in [0.25, 0.3) is 10.2 Å². The fourth-order valence-corrected chi connectivity index (χ4v) is 4.11. The van der Waals surface area contributed by atoms with Crippen molar-refractivity contribution in [2.75, 3.05) is 13.1 Å². The molecule has 0 aliphatic carbocycles. The van der Waals surface area contributed by atoms with E-state index in [0.717, 1.165) is 31.5 Å². The van der Waals surface area contributed by atoms with Crippen LogP contribution in [0.3, 0.4) is 0 Å². The van der Waals surface area contributed by atoms with Crippen molar-refractivity contribution < 1.29 is 4.79 Å².